The van der Waals surface area contributed by atoms with E-state index in [0.717, 1.165) is 28.2 Å². The van der Waals surface area contributed by atoms with Crippen LogP contribution in [0.3, 0.4) is 0 Å². The molecule has 3 aromatic heterocycles. The molecule has 3 heterocycles. The largest absolute Gasteiger partial charge is 0.460 e. The maximum atomic E-state index is 13.5. The fourth-order valence-electron chi connectivity index (χ4n) is 4.68. The van der Waals surface area contributed by atoms with Crippen molar-refractivity contribution >= 4 is 11.6 Å². The molecule has 0 aliphatic carbocycles. The Morgan fingerprint density at radius 1 is 0.844 bits per heavy atom. The highest BCUT2D eigenvalue weighted by Gasteiger charge is 2.30. The summed E-state index contributed by atoms with van der Waals surface area (Å²) >= 11 is 0. The van der Waals surface area contributed by atoms with Crippen molar-refractivity contribution in [2.75, 3.05) is 0 Å². The Morgan fingerprint density at radius 3 is 2.07 bits per heavy atom. The van der Waals surface area contributed by atoms with Crippen LogP contribution in [0.4, 0.5) is 4.39 Å². The van der Waals surface area contributed by atoms with E-state index >= 15 is 0 Å². The number of carbonyl (C=O) groups is 2. The van der Waals surface area contributed by atoms with E-state index in [4.69, 9.17) is 4.42 Å². The van der Waals surface area contributed by atoms with Gasteiger partial charge >= 0.3 is 0 Å². The van der Waals surface area contributed by atoms with Crippen molar-refractivity contribution in [3.05, 3.63) is 137 Å². The maximum Gasteiger partial charge on any atom is 0.248 e. The number of halogens is 1. The van der Waals surface area contributed by atoms with Gasteiger partial charge in [-0.2, -0.15) is 4.39 Å². The molecule has 5 aromatic rings. The molecule has 1 atom stereocenters. The average Bonchev–Trinajstić information content (AvgIpc) is 3.47. The van der Waals surface area contributed by atoms with Crippen molar-refractivity contribution < 1.29 is 18.4 Å². The number of ketones is 2. The minimum absolute atomic E-state index is 0.0380. The van der Waals surface area contributed by atoms with Crippen LogP contribution in [-0.4, -0.2) is 21.5 Å². The summed E-state index contributed by atoms with van der Waals surface area (Å²) in [4.78, 5) is 43.0. The highest BCUT2D eigenvalue weighted by Crippen LogP contribution is 2.38. The SMILES string of the molecule is CC(C)(C)C(=O)CC(C(=O)c1ccccc1)c1ccnc(F)c1.CC(C)(C)c1cc(-c2cc[nH]c(=O)c2)c(-c2ccccc2)o1. The molecule has 232 valence electrons. The van der Waals surface area contributed by atoms with E-state index in [1.165, 1.54) is 12.3 Å². The lowest BCUT2D eigenvalue weighted by Crippen LogP contribution is -2.25. The smallest absolute Gasteiger partial charge is 0.248 e. The van der Waals surface area contributed by atoms with E-state index in [2.05, 4.69) is 30.7 Å². The quantitative estimate of drug-likeness (QED) is 0.148. The summed E-state index contributed by atoms with van der Waals surface area (Å²) in [5.74, 6) is 0.119. The number of carbonyl (C=O) groups excluding carboxylic acids is 2. The van der Waals surface area contributed by atoms with E-state index in [9.17, 15) is 18.8 Å². The van der Waals surface area contributed by atoms with Gasteiger partial charge in [0.25, 0.3) is 0 Å². The summed E-state index contributed by atoms with van der Waals surface area (Å²) in [5, 5.41) is 0. The number of nitrogens with one attached hydrogen (secondary N) is 1. The second-order valence-electron chi connectivity index (χ2n) is 13.0. The fourth-order valence-corrected chi connectivity index (χ4v) is 4.68. The molecule has 7 heteroatoms. The van der Waals surface area contributed by atoms with Gasteiger partial charge in [0.15, 0.2) is 5.78 Å². The Morgan fingerprint density at radius 2 is 1.49 bits per heavy atom. The van der Waals surface area contributed by atoms with Gasteiger partial charge in [0.1, 0.15) is 17.3 Å². The lowest BCUT2D eigenvalue weighted by Gasteiger charge is -2.22. The molecule has 0 saturated heterocycles. The van der Waals surface area contributed by atoms with Gasteiger partial charge in [-0.1, -0.05) is 102 Å². The number of aromatic amines is 1. The third-order valence-electron chi connectivity index (χ3n) is 7.35. The number of furan rings is 1. The normalized spacial score (nSPS) is 12.2. The lowest BCUT2D eigenvalue weighted by molar-refractivity contribution is -0.126. The van der Waals surface area contributed by atoms with Crippen LogP contribution in [0.25, 0.3) is 22.5 Å². The van der Waals surface area contributed by atoms with Crippen molar-refractivity contribution in [1.29, 1.82) is 0 Å². The molecule has 0 fully saturated rings. The van der Waals surface area contributed by atoms with Crippen molar-refractivity contribution in [3.8, 4) is 22.5 Å². The van der Waals surface area contributed by atoms with E-state index in [1.54, 1.807) is 42.6 Å². The third-order valence-corrected chi connectivity index (χ3v) is 7.35. The highest BCUT2D eigenvalue weighted by molar-refractivity contribution is 6.03. The standard InChI is InChI=1S/C19H20FNO2.C19H19NO2/c1-19(2,3)16(22)12-15(14-9-10-21-17(20)11-14)18(23)13-7-5-4-6-8-13;1-19(2,3)16-12-15(14-9-10-20-17(21)11-14)18(22-16)13-7-5-4-6-8-13/h4-11,15H,12H2,1-3H3;4-12H,1-3H3,(H,20,21). The summed E-state index contributed by atoms with van der Waals surface area (Å²) in [5.41, 5.74) is 3.04. The molecule has 0 aliphatic rings. The molecule has 0 aliphatic heterocycles. The number of H-pyrrole nitrogens is 1. The van der Waals surface area contributed by atoms with Gasteiger partial charge in [0, 0.05) is 52.4 Å². The molecule has 0 amide bonds. The zero-order valence-corrected chi connectivity index (χ0v) is 26.6. The fraction of sp³-hybridized carbons (Fsp3) is 0.263. The summed E-state index contributed by atoms with van der Waals surface area (Å²) in [6.07, 6.45) is 3.02. The third kappa shape index (κ3) is 8.60. The molecule has 6 nitrogen and oxygen atoms in total. The molecule has 0 saturated carbocycles. The van der Waals surface area contributed by atoms with Gasteiger partial charge < -0.3 is 9.40 Å². The molecular weight excluding hydrogens is 567 g/mol. The number of hydrogen-bond donors (Lipinski definition) is 1. The maximum absolute atomic E-state index is 13.5. The van der Waals surface area contributed by atoms with Crippen LogP contribution >= 0.6 is 0 Å². The Labute approximate surface area is 263 Å². The molecule has 5 rings (SSSR count). The van der Waals surface area contributed by atoms with Gasteiger partial charge in [0.2, 0.25) is 11.5 Å². The second kappa shape index (κ2) is 13.8. The van der Waals surface area contributed by atoms with Gasteiger partial charge in [-0.25, -0.2) is 4.98 Å². The Balaban J connectivity index is 0.000000205. The molecule has 2 aromatic carbocycles. The Hall–Kier alpha value is -4.91. The van der Waals surface area contributed by atoms with Crippen LogP contribution in [0.5, 0.6) is 0 Å². The minimum Gasteiger partial charge on any atom is -0.460 e. The summed E-state index contributed by atoms with van der Waals surface area (Å²) in [6, 6.07) is 27.1. The van der Waals surface area contributed by atoms with Crippen LogP contribution < -0.4 is 5.56 Å². The zero-order chi connectivity index (χ0) is 32.8. The molecular formula is C38H39FN2O4. The van der Waals surface area contributed by atoms with Gasteiger partial charge in [0.05, 0.1) is 5.92 Å². The minimum atomic E-state index is -0.707. The number of benzene rings is 2. The number of Topliss-reactive ketones (excluding diaryl/α,β-unsaturated/α-hetero) is 2. The van der Waals surface area contributed by atoms with Gasteiger partial charge in [-0.3, -0.25) is 14.4 Å². The monoisotopic (exact) mass is 606 g/mol. The Kier molecular flexibility index (Phi) is 10.1. The molecule has 45 heavy (non-hydrogen) atoms. The first-order chi connectivity index (χ1) is 21.2. The van der Waals surface area contributed by atoms with E-state index in [1.807, 2.05) is 69.3 Å². The van der Waals surface area contributed by atoms with Crippen LogP contribution in [0.2, 0.25) is 0 Å². The van der Waals surface area contributed by atoms with Crippen molar-refractivity contribution in [2.45, 2.75) is 59.3 Å². The number of pyridine rings is 2. The second-order valence-corrected chi connectivity index (χ2v) is 13.0. The lowest BCUT2D eigenvalue weighted by atomic mass is 9.80. The highest BCUT2D eigenvalue weighted by atomic mass is 19.1. The van der Waals surface area contributed by atoms with Crippen molar-refractivity contribution in [2.24, 2.45) is 5.41 Å². The number of aromatic nitrogens is 2. The predicted molar refractivity (Wildman–Crippen MR) is 176 cm³/mol. The van der Waals surface area contributed by atoms with Crippen molar-refractivity contribution in [3.63, 3.8) is 0 Å². The number of hydrogen-bond acceptors (Lipinski definition) is 5. The Bertz CT molecular complexity index is 1810. The molecule has 0 bridgehead atoms. The first-order valence-electron chi connectivity index (χ1n) is 14.9. The molecule has 1 unspecified atom stereocenters. The first kappa shape index (κ1) is 33.0. The summed E-state index contributed by atoms with van der Waals surface area (Å²) in [7, 11) is 0. The molecule has 0 spiro atoms. The predicted octanol–water partition coefficient (Wildman–Crippen LogP) is 8.79. The average molecular weight is 607 g/mol. The summed E-state index contributed by atoms with van der Waals surface area (Å²) in [6.45, 7) is 11.8. The van der Waals surface area contributed by atoms with Crippen molar-refractivity contribution in [1.82, 2.24) is 9.97 Å². The summed E-state index contributed by atoms with van der Waals surface area (Å²) < 4.78 is 19.6. The van der Waals surface area contributed by atoms with Crippen LogP contribution in [0, 0.1) is 11.4 Å². The van der Waals surface area contributed by atoms with Crippen LogP contribution in [-0.2, 0) is 10.2 Å². The number of nitrogens with zero attached hydrogens (tertiary/aromatic N) is 1. The van der Waals surface area contributed by atoms with E-state index in [-0.39, 0.29) is 29.0 Å². The van der Waals surface area contributed by atoms with Crippen LogP contribution in [0.15, 0.2) is 113 Å². The number of rotatable bonds is 7. The first-order valence-corrected chi connectivity index (χ1v) is 14.9. The van der Waals surface area contributed by atoms with E-state index < -0.39 is 17.3 Å². The van der Waals surface area contributed by atoms with Gasteiger partial charge in [-0.15, -0.1) is 0 Å². The van der Waals surface area contributed by atoms with Crippen LogP contribution in [0.1, 0.15) is 75.6 Å². The zero-order valence-electron chi connectivity index (χ0n) is 26.6. The molecule has 0 radical (unpaired) electrons. The van der Waals surface area contributed by atoms with Gasteiger partial charge in [-0.05, 0) is 35.4 Å². The topological polar surface area (TPSA) is 93.0 Å². The van der Waals surface area contributed by atoms with E-state index in [0.29, 0.717) is 11.1 Å². The molecule has 1 N–H and O–H groups in total.